The van der Waals surface area contributed by atoms with E-state index in [1.165, 1.54) is 0 Å². The van der Waals surface area contributed by atoms with Crippen LogP contribution >= 0.6 is 0 Å². The number of aromatic hydroxyl groups is 1. The Morgan fingerprint density at radius 2 is 1.95 bits per heavy atom. The number of phenolic OH excluding ortho intramolecular Hbond substituents is 1. The molecule has 0 bridgehead atoms. The first-order valence-corrected chi connectivity index (χ1v) is 6.86. The lowest BCUT2D eigenvalue weighted by Crippen LogP contribution is -2.19. The third-order valence-corrected chi connectivity index (χ3v) is 3.15. The summed E-state index contributed by atoms with van der Waals surface area (Å²) >= 11 is 0. The van der Waals surface area contributed by atoms with Crippen LogP contribution < -0.4 is 11.1 Å². The highest BCUT2D eigenvalue weighted by Crippen LogP contribution is 2.19. The van der Waals surface area contributed by atoms with Crippen LogP contribution in [-0.4, -0.2) is 26.4 Å². The summed E-state index contributed by atoms with van der Waals surface area (Å²) in [6.45, 7) is 5.63. The van der Waals surface area contributed by atoms with E-state index in [4.69, 9.17) is 5.73 Å². The minimum atomic E-state index is -0.223. The topological polar surface area (TPSA) is 89.0 Å². The summed E-state index contributed by atoms with van der Waals surface area (Å²) in [6.07, 6.45) is 0.657. The maximum absolute atomic E-state index is 9.29. The summed E-state index contributed by atoms with van der Waals surface area (Å²) in [6, 6.07) is 6.84. The van der Waals surface area contributed by atoms with Gasteiger partial charge in [0, 0.05) is 13.1 Å². The highest BCUT2D eigenvalue weighted by molar-refractivity contribution is 5.29. The smallest absolute Gasteiger partial charge is 0.224 e. The minimum absolute atomic E-state index is 0.223. The maximum atomic E-state index is 9.29. The first-order chi connectivity index (χ1) is 9.65. The van der Waals surface area contributed by atoms with E-state index in [2.05, 4.69) is 15.5 Å². The molecule has 0 aliphatic heterocycles. The van der Waals surface area contributed by atoms with Crippen LogP contribution in [0.4, 0.5) is 5.95 Å². The molecule has 0 fully saturated rings. The van der Waals surface area contributed by atoms with E-state index in [9.17, 15) is 5.11 Å². The van der Waals surface area contributed by atoms with E-state index in [1.54, 1.807) is 12.1 Å². The molecule has 1 aromatic heterocycles. The molecule has 4 N–H and O–H groups in total. The van der Waals surface area contributed by atoms with Crippen LogP contribution in [0.2, 0.25) is 0 Å². The number of nitrogens with zero attached hydrogens (tertiary/aromatic N) is 3. The molecule has 20 heavy (non-hydrogen) atoms. The Hall–Kier alpha value is -2.08. The van der Waals surface area contributed by atoms with Gasteiger partial charge < -0.3 is 16.2 Å². The number of nitrogens with one attached hydrogen (secondary N) is 1. The van der Waals surface area contributed by atoms with E-state index in [1.807, 2.05) is 30.5 Å². The fraction of sp³-hybridized carbons (Fsp3) is 0.429. The van der Waals surface area contributed by atoms with Crippen LogP contribution in [0.25, 0.3) is 0 Å². The zero-order valence-electron chi connectivity index (χ0n) is 11.9. The number of benzene rings is 1. The lowest BCUT2D eigenvalue weighted by atomic mass is 10.1. The third kappa shape index (κ3) is 3.08. The molecule has 0 amide bonds. The van der Waals surface area contributed by atoms with Gasteiger partial charge in [-0.1, -0.05) is 12.1 Å². The van der Waals surface area contributed by atoms with E-state index in [-0.39, 0.29) is 11.8 Å². The molecule has 0 spiro atoms. The summed E-state index contributed by atoms with van der Waals surface area (Å²) in [5, 5.41) is 20.8. The summed E-state index contributed by atoms with van der Waals surface area (Å²) in [7, 11) is 0. The van der Waals surface area contributed by atoms with E-state index < -0.39 is 0 Å². The predicted octanol–water partition coefficient (Wildman–Crippen LogP) is 1.68. The molecule has 0 aliphatic rings. The lowest BCUT2D eigenvalue weighted by molar-refractivity contribution is 0.475. The largest absolute Gasteiger partial charge is 0.508 e. The molecule has 0 saturated heterocycles. The zero-order valence-corrected chi connectivity index (χ0v) is 11.9. The van der Waals surface area contributed by atoms with Gasteiger partial charge in [0.15, 0.2) is 5.82 Å². The van der Waals surface area contributed by atoms with Crippen molar-refractivity contribution in [2.24, 2.45) is 5.73 Å². The maximum Gasteiger partial charge on any atom is 0.224 e. The van der Waals surface area contributed by atoms with Crippen molar-refractivity contribution in [2.45, 2.75) is 32.9 Å². The Morgan fingerprint density at radius 1 is 1.25 bits per heavy atom. The summed E-state index contributed by atoms with van der Waals surface area (Å²) in [5.74, 6) is 1.79. The molecule has 108 valence electrons. The van der Waals surface area contributed by atoms with Crippen molar-refractivity contribution in [3.63, 3.8) is 0 Å². The molecule has 1 heterocycles. The van der Waals surface area contributed by atoms with Gasteiger partial charge in [-0.15, -0.1) is 10.2 Å². The van der Waals surface area contributed by atoms with Crippen molar-refractivity contribution in [3.8, 4) is 5.75 Å². The predicted molar refractivity (Wildman–Crippen MR) is 78.6 cm³/mol. The van der Waals surface area contributed by atoms with Gasteiger partial charge in [0.25, 0.3) is 0 Å². The van der Waals surface area contributed by atoms with Gasteiger partial charge in [-0.3, -0.25) is 4.57 Å². The molecule has 6 heteroatoms. The summed E-state index contributed by atoms with van der Waals surface area (Å²) in [4.78, 5) is 0. The number of aromatic nitrogens is 3. The molecule has 0 radical (unpaired) electrons. The Bertz CT molecular complexity index is 549. The van der Waals surface area contributed by atoms with Gasteiger partial charge >= 0.3 is 0 Å². The van der Waals surface area contributed by atoms with Crippen LogP contribution in [0.5, 0.6) is 5.75 Å². The molecule has 2 aromatic rings. The Balaban J connectivity index is 2.16. The fourth-order valence-corrected chi connectivity index (χ4v) is 2.17. The number of rotatable bonds is 6. The molecule has 0 unspecified atom stereocenters. The first-order valence-electron chi connectivity index (χ1n) is 6.86. The number of phenols is 1. The standard InChI is InChI=1S/C14H21N5O/c1-3-16-14-18-17-13(19(14)4-2)12(15)9-10-5-7-11(20)8-6-10/h5-8,12,20H,3-4,9,15H2,1-2H3,(H,16,18)/t12-/m0/s1. The van der Waals surface area contributed by atoms with Gasteiger partial charge in [0.2, 0.25) is 5.95 Å². The van der Waals surface area contributed by atoms with E-state index >= 15 is 0 Å². The average Bonchev–Trinajstić information content (AvgIpc) is 2.84. The van der Waals surface area contributed by atoms with Gasteiger partial charge in [-0.25, -0.2) is 0 Å². The first kappa shape index (κ1) is 14.3. The molecular formula is C14H21N5O. The van der Waals surface area contributed by atoms with Crippen LogP contribution in [0.1, 0.15) is 31.3 Å². The van der Waals surface area contributed by atoms with Crippen molar-refractivity contribution < 1.29 is 5.11 Å². The van der Waals surface area contributed by atoms with Crippen molar-refractivity contribution in [2.75, 3.05) is 11.9 Å². The number of nitrogens with two attached hydrogens (primary N) is 1. The van der Waals surface area contributed by atoms with Gasteiger partial charge in [-0.2, -0.15) is 0 Å². The summed E-state index contributed by atoms with van der Waals surface area (Å²) in [5.41, 5.74) is 7.30. The Labute approximate surface area is 118 Å². The zero-order chi connectivity index (χ0) is 14.5. The molecule has 0 aliphatic carbocycles. The number of anilines is 1. The van der Waals surface area contributed by atoms with E-state index in [0.717, 1.165) is 30.4 Å². The number of hydrogen-bond donors (Lipinski definition) is 3. The monoisotopic (exact) mass is 275 g/mol. The molecule has 2 rings (SSSR count). The minimum Gasteiger partial charge on any atom is -0.508 e. The van der Waals surface area contributed by atoms with Crippen molar-refractivity contribution >= 4 is 5.95 Å². The quantitative estimate of drug-likeness (QED) is 0.746. The molecule has 6 nitrogen and oxygen atoms in total. The number of hydrogen-bond acceptors (Lipinski definition) is 5. The summed E-state index contributed by atoms with van der Waals surface area (Å²) < 4.78 is 1.99. The van der Waals surface area contributed by atoms with Crippen LogP contribution in [0.3, 0.4) is 0 Å². The third-order valence-electron chi connectivity index (χ3n) is 3.15. The molecular weight excluding hydrogens is 254 g/mol. The SMILES string of the molecule is CCNc1nnc([C@@H](N)Cc2ccc(O)cc2)n1CC. The normalized spacial score (nSPS) is 12.3. The van der Waals surface area contributed by atoms with Gasteiger partial charge in [0.1, 0.15) is 5.75 Å². The molecule has 1 aromatic carbocycles. The van der Waals surface area contributed by atoms with Crippen LogP contribution in [0, 0.1) is 0 Å². The van der Waals surface area contributed by atoms with Crippen molar-refractivity contribution in [1.29, 1.82) is 0 Å². The Morgan fingerprint density at radius 3 is 2.55 bits per heavy atom. The second-order valence-electron chi connectivity index (χ2n) is 4.63. The highest BCUT2D eigenvalue weighted by Gasteiger charge is 2.17. The second kappa shape index (κ2) is 6.38. The highest BCUT2D eigenvalue weighted by atomic mass is 16.3. The van der Waals surface area contributed by atoms with Gasteiger partial charge in [-0.05, 0) is 38.0 Å². The van der Waals surface area contributed by atoms with Crippen LogP contribution in [-0.2, 0) is 13.0 Å². The average molecular weight is 275 g/mol. The van der Waals surface area contributed by atoms with Crippen LogP contribution in [0.15, 0.2) is 24.3 Å². The van der Waals surface area contributed by atoms with Crippen molar-refractivity contribution in [1.82, 2.24) is 14.8 Å². The molecule has 0 saturated carbocycles. The Kier molecular flexibility index (Phi) is 4.57. The second-order valence-corrected chi connectivity index (χ2v) is 4.63. The lowest BCUT2D eigenvalue weighted by Gasteiger charge is -2.13. The van der Waals surface area contributed by atoms with Crippen molar-refractivity contribution in [3.05, 3.63) is 35.7 Å². The fourth-order valence-electron chi connectivity index (χ4n) is 2.17. The molecule has 1 atom stereocenters. The van der Waals surface area contributed by atoms with Gasteiger partial charge in [0.05, 0.1) is 6.04 Å². The van der Waals surface area contributed by atoms with E-state index in [0.29, 0.717) is 6.42 Å².